The van der Waals surface area contributed by atoms with Crippen molar-refractivity contribution in [2.45, 2.75) is 0 Å². The summed E-state index contributed by atoms with van der Waals surface area (Å²) in [5, 5.41) is 20.6. The molecule has 15 aromatic rings. The number of hydrogen-bond acceptors (Lipinski definition) is 7. The van der Waals surface area contributed by atoms with Crippen LogP contribution in [0.25, 0.3) is 133 Å². The molecule has 0 N–H and O–H groups in total. The highest BCUT2D eigenvalue weighted by atomic mass is 16.3. The van der Waals surface area contributed by atoms with E-state index in [1.807, 2.05) is 98.1 Å². The number of rotatable bonds is 5. The molecular weight excluding hydrogens is 853 g/mol. The Bertz CT molecular complexity index is 4470. The summed E-state index contributed by atoms with van der Waals surface area (Å²) in [6.07, 6.45) is 14.9. The van der Waals surface area contributed by atoms with E-state index in [1.54, 1.807) is 0 Å². The van der Waals surface area contributed by atoms with Crippen molar-refractivity contribution in [2.24, 2.45) is 0 Å². The fourth-order valence-electron chi connectivity index (χ4n) is 11.1. The average Bonchev–Trinajstić information content (AvgIpc) is 4.22. The Labute approximate surface area is 390 Å². The van der Waals surface area contributed by atoms with Gasteiger partial charge in [-0.05, 0) is 60.7 Å². The van der Waals surface area contributed by atoms with Crippen LogP contribution in [0.1, 0.15) is 5.56 Å². The van der Waals surface area contributed by atoms with Gasteiger partial charge in [0, 0.05) is 67.9 Å². The van der Waals surface area contributed by atoms with Crippen LogP contribution in [0.15, 0.2) is 200 Å². The maximum Gasteiger partial charge on any atom is 0.231 e. The topological polar surface area (TPSA) is 121 Å². The van der Waals surface area contributed by atoms with Crippen molar-refractivity contribution >= 4 is 98.3 Å². The van der Waals surface area contributed by atoms with Crippen LogP contribution in [-0.2, 0) is 0 Å². The quantitative estimate of drug-likeness (QED) is 0.169. The Morgan fingerprint density at radius 1 is 0.362 bits per heavy atom. The lowest BCUT2D eigenvalue weighted by molar-refractivity contribution is 0.619. The molecule has 0 unspecified atom stereocenters. The molecule has 0 fully saturated rings. The van der Waals surface area contributed by atoms with Gasteiger partial charge in [-0.3, -0.25) is 19.9 Å². The lowest BCUT2D eigenvalue weighted by Crippen LogP contribution is -2.16. The van der Waals surface area contributed by atoms with Crippen molar-refractivity contribution in [3.63, 3.8) is 0 Å². The van der Waals surface area contributed by atoms with Crippen LogP contribution in [0, 0.1) is 11.3 Å². The molecule has 9 heterocycles. The molecule has 0 atom stereocenters. The minimum Gasteiger partial charge on any atom is -0.436 e. The highest BCUT2D eigenvalue weighted by Gasteiger charge is 2.36. The molecule has 0 saturated carbocycles. The van der Waals surface area contributed by atoms with E-state index < -0.39 is 0 Å². The Morgan fingerprint density at radius 2 is 0.725 bits per heavy atom. The van der Waals surface area contributed by atoms with Crippen molar-refractivity contribution in [3.8, 4) is 40.3 Å². The van der Waals surface area contributed by atoms with Gasteiger partial charge < -0.3 is 22.7 Å². The molecule has 6 aromatic carbocycles. The van der Waals surface area contributed by atoms with Crippen LogP contribution >= 0.6 is 0 Å². The van der Waals surface area contributed by atoms with Gasteiger partial charge in [0.2, 0.25) is 5.89 Å². The second kappa shape index (κ2) is 14.0. The van der Waals surface area contributed by atoms with E-state index in [-0.39, 0.29) is 0 Å². The van der Waals surface area contributed by atoms with Gasteiger partial charge in [0.1, 0.15) is 17.1 Å². The van der Waals surface area contributed by atoms with E-state index in [4.69, 9.17) is 29.3 Å². The molecule has 11 heteroatoms. The molecule has 0 saturated heterocycles. The van der Waals surface area contributed by atoms with Crippen LogP contribution in [0.3, 0.4) is 0 Å². The van der Waals surface area contributed by atoms with Crippen LogP contribution in [0.2, 0.25) is 0 Å². The van der Waals surface area contributed by atoms with E-state index >= 15 is 0 Å². The largest absolute Gasteiger partial charge is 0.436 e. The van der Waals surface area contributed by atoms with Gasteiger partial charge in [-0.2, -0.15) is 5.26 Å². The number of para-hydroxylation sites is 6. The SMILES string of the molecule is N#Cc1c(-n2c3ccccc3c3ccncc32)c(-c2nc3ccccc3o2)c(-n2c3ccccc3c3ccncc32)c(-n2c3ccccc3c3ccncc32)c1-n1c2ccccc2c2ccncc21. The van der Waals surface area contributed by atoms with Gasteiger partial charge in [0.05, 0.1) is 97.2 Å². The second-order valence-corrected chi connectivity index (χ2v) is 17.2. The molecule has 0 radical (unpaired) electrons. The summed E-state index contributed by atoms with van der Waals surface area (Å²) in [7, 11) is 0. The molecule has 69 heavy (non-hydrogen) atoms. The smallest absolute Gasteiger partial charge is 0.231 e. The minimum absolute atomic E-state index is 0.331. The first-order chi connectivity index (χ1) is 34.3. The highest BCUT2D eigenvalue weighted by Crippen LogP contribution is 2.51. The third kappa shape index (κ3) is 5.00. The Hall–Kier alpha value is -9.92. The number of hydrogen-bond donors (Lipinski definition) is 0. The number of benzene rings is 6. The van der Waals surface area contributed by atoms with Crippen LogP contribution < -0.4 is 0 Å². The van der Waals surface area contributed by atoms with Gasteiger partial charge in [0.25, 0.3) is 0 Å². The number of aromatic nitrogens is 9. The summed E-state index contributed by atoms with van der Waals surface area (Å²) in [5.41, 5.74) is 11.8. The van der Waals surface area contributed by atoms with Gasteiger partial charge >= 0.3 is 0 Å². The van der Waals surface area contributed by atoms with E-state index in [9.17, 15) is 5.26 Å². The minimum atomic E-state index is 0.331. The number of nitrogens with zero attached hydrogens (tertiary/aromatic N) is 10. The zero-order chi connectivity index (χ0) is 45.3. The molecule has 0 aliphatic rings. The monoisotopic (exact) mass is 884 g/mol. The normalized spacial score (nSPS) is 12.0. The molecule has 0 aliphatic carbocycles. The molecule has 0 aliphatic heterocycles. The van der Waals surface area contributed by atoms with Crippen molar-refractivity contribution < 1.29 is 4.42 Å². The van der Waals surface area contributed by atoms with Gasteiger partial charge in [-0.15, -0.1) is 0 Å². The molecule has 0 bridgehead atoms. The Morgan fingerprint density at radius 3 is 1.16 bits per heavy atom. The number of fused-ring (bicyclic) bond motifs is 13. The average molecular weight is 885 g/mol. The van der Waals surface area contributed by atoms with E-state index in [0.29, 0.717) is 50.9 Å². The fourth-order valence-corrected chi connectivity index (χ4v) is 11.1. The van der Waals surface area contributed by atoms with Gasteiger partial charge in [-0.1, -0.05) is 84.9 Å². The molecule has 0 spiro atoms. The van der Waals surface area contributed by atoms with Crippen LogP contribution in [-0.4, -0.2) is 43.2 Å². The molecular formula is C58H32N10O. The lowest BCUT2D eigenvalue weighted by Gasteiger charge is -2.28. The maximum atomic E-state index is 12.5. The van der Waals surface area contributed by atoms with Crippen molar-refractivity contribution in [1.29, 1.82) is 5.26 Å². The van der Waals surface area contributed by atoms with Crippen LogP contribution in [0.4, 0.5) is 0 Å². The summed E-state index contributed by atoms with van der Waals surface area (Å²) in [4.78, 5) is 24.5. The summed E-state index contributed by atoms with van der Waals surface area (Å²) in [6, 6.07) is 52.4. The lowest BCUT2D eigenvalue weighted by atomic mass is 9.97. The molecule has 15 rings (SSSR count). The summed E-state index contributed by atoms with van der Waals surface area (Å²) in [5.74, 6) is 0.331. The first kappa shape index (κ1) is 37.3. The van der Waals surface area contributed by atoms with E-state index in [1.165, 1.54) is 0 Å². The number of pyridine rings is 4. The first-order valence-corrected chi connectivity index (χ1v) is 22.6. The number of nitriles is 1. The highest BCUT2D eigenvalue weighted by molar-refractivity contribution is 6.16. The molecule has 0 amide bonds. The molecule has 11 nitrogen and oxygen atoms in total. The summed E-state index contributed by atoms with van der Waals surface area (Å²) >= 11 is 0. The molecule has 320 valence electrons. The van der Waals surface area contributed by atoms with Crippen molar-refractivity contribution in [1.82, 2.24) is 43.2 Å². The predicted molar refractivity (Wildman–Crippen MR) is 273 cm³/mol. The maximum absolute atomic E-state index is 12.5. The third-order valence-corrected chi connectivity index (χ3v) is 13.8. The van der Waals surface area contributed by atoms with E-state index in [0.717, 1.165) is 87.2 Å². The van der Waals surface area contributed by atoms with E-state index in [2.05, 4.69) is 121 Å². The standard InChI is InChI=1S/C58H32N10O/c59-29-42-54(65-44-16-6-1-11-34(44)38-21-25-60-30-48(38)65)53(58-64-43-15-5-10-20-52(43)69-58)56(67-46-18-8-3-13-36(46)40-23-27-62-32-50(40)67)57(68-47-19-9-4-14-37(47)41-24-28-63-33-51(41)68)55(42)66-45-17-7-2-12-35(45)39-22-26-61-31-49(39)66/h1-28,30-33H. The number of oxazole rings is 1. The summed E-state index contributed by atoms with van der Waals surface area (Å²) in [6.45, 7) is 0. The zero-order valence-electron chi connectivity index (χ0n) is 36.4. The molecule has 9 aromatic heterocycles. The second-order valence-electron chi connectivity index (χ2n) is 17.2. The van der Waals surface area contributed by atoms with Gasteiger partial charge in [-0.25, -0.2) is 4.98 Å². The fraction of sp³-hybridized carbons (Fsp3) is 0. The van der Waals surface area contributed by atoms with Crippen LogP contribution in [0.5, 0.6) is 0 Å². The zero-order valence-corrected chi connectivity index (χ0v) is 36.4. The third-order valence-electron chi connectivity index (χ3n) is 13.8. The first-order valence-electron chi connectivity index (χ1n) is 22.6. The Balaban J connectivity index is 1.33. The Kier molecular flexibility index (Phi) is 7.59. The summed E-state index contributed by atoms with van der Waals surface area (Å²) < 4.78 is 16.1. The van der Waals surface area contributed by atoms with Gasteiger partial charge in [0.15, 0.2) is 5.58 Å². The predicted octanol–water partition coefficient (Wildman–Crippen LogP) is 13.3. The van der Waals surface area contributed by atoms with Crippen molar-refractivity contribution in [3.05, 3.63) is 201 Å². The van der Waals surface area contributed by atoms with Crippen molar-refractivity contribution in [2.75, 3.05) is 0 Å².